The fourth-order valence-corrected chi connectivity index (χ4v) is 4.61. The molecule has 3 heterocycles. The Balaban J connectivity index is 1.81. The summed E-state index contributed by atoms with van der Waals surface area (Å²) in [6, 6.07) is 9.00. The van der Waals surface area contributed by atoms with E-state index in [1.165, 1.54) is 34.0 Å². The first-order chi connectivity index (χ1) is 10.6. The highest BCUT2D eigenvalue weighted by atomic mass is 35.5. The van der Waals surface area contributed by atoms with Crippen LogP contribution in [0.5, 0.6) is 0 Å². The maximum absolute atomic E-state index is 12.2. The van der Waals surface area contributed by atoms with Gasteiger partial charge in [0.25, 0.3) is 5.91 Å². The second kappa shape index (κ2) is 6.52. The van der Waals surface area contributed by atoms with Gasteiger partial charge in [0.15, 0.2) is 0 Å². The normalized spacial score (nSPS) is 13.7. The highest BCUT2D eigenvalue weighted by Crippen LogP contribution is 2.33. The first-order valence-electron chi connectivity index (χ1n) is 6.42. The van der Waals surface area contributed by atoms with Gasteiger partial charge in [-0.05, 0) is 40.4 Å². The molecule has 0 aromatic carbocycles. The van der Waals surface area contributed by atoms with E-state index in [1.54, 1.807) is 12.1 Å². The molecule has 114 valence electrons. The Morgan fingerprint density at radius 2 is 2.14 bits per heavy atom. The van der Waals surface area contributed by atoms with E-state index in [0.717, 1.165) is 10.4 Å². The number of hydrogen-bond acceptors (Lipinski definition) is 5. The third kappa shape index (κ3) is 3.11. The van der Waals surface area contributed by atoms with Crippen LogP contribution in [0.4, 0.5) is 0 Å². The molecule has 0 bridgehead atoms. The molecule has 1 atom stereocenters. The molecule has 1 unspecified atom stereocenters. The second-order valence-electron chi connectivity index (χ2n) is 4.64. The third-order valence-corrected chi connectivity index (χ3v) is 6.16. The van der Waals surface area contributed by atoms with Crippen LogP contribution in [0.1, 0.15) is 20.1 Å². The number of thiophene rings is 3. The summed E-state index contributed by atoms with van der Waals surface area (Å²) in [7, 11) is 0. The minimum absolute atomic E-state index is 0.110. The van der Waals surface area contributed by atoms with Crippen molar-refractivity contribution in [3.8, 4) is 0 Å². The number of nitrogens with one attached hydrogen (secondary N) is 1. The van der Waals surface area contributed by atoms with Gasteiger partial charge in [-0.3, -0.25) is 4.79 Å². The van der Waals surface area contributed by atoms with Crippen LogP contribution in [-0.4, -0.2) is 17.6 Å². The van der Waals surface area contributed by atoms with E-state index >= 15 is 0 Å². The van der Waals surface area contributed by atoms with Crippen LogP contribution in [-0.2, 0) is 5.60 Å². The van der Waals surface area contributed by atoms with Crippen molar-refractivity contribution in [2.75, 3.05) is 6.54 Å². The molecule has 3 aromatic rings. The van der Waals surface area contributed by atoms with Crippen molar-refractivity contribution < 1.29 is 9.90 Å². The quantitative estimate of drug-likeness (QED) is 0.708. The molecule has 3 aromatic heterocycles. The van der Waals surface area contributed by atoms with Gasteiger partial charge in [-0.1, -0.05) is 17.7 Å². The average Bonchev–Trinajstić information content (AvgIpc) is 3.24. The maximum Gasteiger partial charge on any atom is 0.261 e. The zero-order valence-electron chi connectivity index (χ0n) is 11.3. The van der Waals surface area contributed by atoms with Gasteiger partial charge in [0.2, 0.25) is 0 Å². The van der Waals surface area contributed by atoms with Crippen LogP contribution in [0.15, 0.2) is 46.5 Å². The molecule has 22 heavy (non-hydrogen) atoms. The van der Waals surface area contributed by atoms with Crippen molar-refractivity contribution in [1.82, 2.24) is 5.32 Å². The number of aliphatic hydroxyl groups is 1. The Bertz CT molecular complexity index is 715. The minimum atomic E-state index is -1.22. The number of amides is 1. The maximum atomic E-state index is 12.2. The van der Waals surface area contributed by atoms with Gasteiger partial charge in [-0.15, -0.1) is 22.7 Å². The Morgan fingerprint density at radius 3 is 2.73 bits per heavy atom. The third-order valence-electron chi connectivity index (χ3n) is 3.23. The lowest BCUT2D eigenvalue weighted by molar-refractivity contribution is 0.0723. The Labute approximate surface area is 144 Å². The molecule has 2 N–H and O–H groups in total. The molecule has 7 heteroatoms. The topological polar surface area (TPSA) is 49.3 Å². The Kier molecular flexibility index (Phi) is 4.65. The number of hydrogen-bond donors (Lipinski definition) is 2. The zero-order valence-corrected chi connectivity index (χ0v) is 14.5. The average molecular weight is 370 g/mol. The van der Waals surface area contributed by atoms with Crippen molar-refractivity contribution in [1.29, 1.82) is 0 Å². The Morgan fingerprint density at radius 1 is 1.27 bits per heavy atom. The molecule has 0 fully saturated rings. The van der Waals surface area contributed by atoms with E-state index in [0.29, 0.717) is 9.21 Å². The van der Waals surface area contributed by atoms with Crippen molar-refractivity contribution in [2.24, 2.45) is 0 Å². The van der Waals surface area contributed by atoms with E-state index in [1.807, 2.05) is 34.3 Å². The van der Waals surface area contributed by atoms with Crippen LogP contribution in [0.3, 0.4) is 0 Å². The molecule has 0 aliphatic rings. The Hall–Kier alpha value is -1.18. The largest absolute Gasteiger partial charge is 0.378 e. The summed E-state index contributed by atoms with van der Waals surface area (Å²) in [5, 5.41) is 19.6. The first kappa shape index (κ1) is 15.7. The number of rotatable bonds is 5. The molecule has 3 nitrogen and oxygen atoms in total. The van der Waals surface area contributed by atoms with Gasteiger partial charge in [-0.25, -0.2) is 0 Å². The molecule has 0 aliphatic carbocycles. The van der Waals surface area contributed by atoms with Gasteiger partial charge in [0.1, 0.15) is 5.60 Å². The highest BCUT2D eigenvalue weighted by molar-refractivity contribution is 7.18. The molecule has 0 radical (unpaired) electrons. The van der Waals surface area contributed by atoms with Crippen LogP contribution >= 0.6 is 45.6 Å². The summed E-state index contributed by atoms with van der Waals surface area (Å²) in [4.78, 5) is 13.5. The van der Waals surface area contributed by atoms with E-state index in [2.05, 4.69) is 5.32 Å². The predicted molar refractivity (Wildman–Crippen MR) is 93.3 cm³/mol. The van der Waals surface area contributed by atoms with Crippen molar-refractivity contribution in [3.05, 3.63) is 66.1 Å². The number of carbonyl (C=O) groups is 1. The lowest BCUT2D eigenvalue weighted by Gasteiger charge is -2.26. The number of halogens is 1. The van der Waals surface area contributed by atoms with E-state index in [-0.39, 0.29) is 12.5 Å². The predicted octanol–water partition coefficient (Wildman–Crippen LogP) is 4.19. The highest BCUT2D eigenvalue weighted by Gasteiger charge is 2.33. The van der Waals surface area contributed by atoms with Gasteiger partial charge in [0, 0.05) is 10.4 Å². The van der Waals surface area contributed by atoms with Crippen molar-refractivity contribution in [2.45, 2.75) is 5.60 Å². The molecule has 0 saturated carbocycles. The van der Waals surface area contributed by atoms with Gasteiger partial charge >= 0.3 is 0 Å². The van der Waals surface area contributed by atoms with Gasteiger partial charge in [-0.2, -0.15) is 11.3 Å². The SMILES string of the molecule is O=C(NCC(O)(c1ccsc1)c1cccs1)c1ccc(Cl)s1. The van der Waals surface area contributed by atoms with E-state index < -0.39 is 5.60 Å². The zero-order chi connectivity index (χ0) is 15.6. The lowest BCUT2D eigenvalue weighted by Crippen LogP contribution is -2.40. The van der Waals surface area contributed by atoms with Crippen molar-refractivity contribution in [3.63, 3.8) is 0 Å². The molecule has 0 aliphatic heterocycles. The fourth-order valence-electron chi connectivity index (χ4n) is 2.08. The molecule has 0 saturated heterocycles. The van der Waals surface area contributed by atoms with Crippen LogP contribution in [0.25, 0.3) is 0 Å². The molecule has 1 amide bonds. The monoisotopic (exact) mass is 369 g/mol. The summed E-state index contributed by atoms with van der Waals surface area (Å²) >= 11 is 10.0. The summed E-state index contributed by atoms with van der Waals surface area (Å²) in [6.45, 7) is 0.110. The lowest BCUT2D eigenvalue weighted by atomic mass is 9.94. The smallest absolute Gasteiger partial charge is 0.261 e. The first-order valence-corrected chi connectivity index (χ1v) is 9.44. The van der Waals surface area contributed by atoms with Crippen LogP contribution < -0.4 is 5.32 Å². The standard InChI is InChI=1S/C15H12ClNO2S3/c16-13-4-3-11(22-13)14(18)17-9-15(19,10-5-7-20-8-10)12-2-1-6-21-12/h1-8,19H,9H2,(H,17,18). The minimum Gasteiger partial charge on any atom is -0.378 e. The molecule has 0 spiro atoms. The molecular weight excluding hydrogens is 358 g/mol. The fraction of sp³-hybridized carbons (Fsp3) is 0.133. The summed E-state index contributed by atoms with van der Waals surface area (Å²) in [5.41, 5.74) is -0.435. The van der Waals surface area contributed by atoms with Gasteiger partial charge < -0.3 is 10.4 Å². The van der Waals surface area contributed by atoms with Crippen molar-refractivity contribution >= 4 is 51.5 Å². The molecule has 3 rings (SSSR count). The molecular formula is C15H12ClNO2S3. The van der Waals surface area contributed by atoms with E-state index in [4.69, 9.17) is 11.6 Å². The van der Waals surface area contributed by atoms with Crippen LogP contribution in [0, 0.1) is 0 Å². The van der Waals surface area contributed by atoms with E-state index in [9.17, 15) is 9.90 Å². The van der Waals surface area contributed by atoms with Gasteiger partial charge in [0.05, 0.1) is 15.8 Å². The summed E-state index contributed by atoms with van der Waals surface area (Å²) in [6.07, 6.45) is 0. The van der Waals surface area contributed by atoms with Crippen LogP contribution in [0.2, 0.25) is 4.34 Å². The summed E-state index contributed by atoms with van der Waals surface area (Å²) < 4.78 is 0.566. The summed E-state index contributed by atoms with van der Waals surface area (Å²) in [5.74, 6) is -0.234. The second-order valence-corrected chi connectivity index (χ2v) is 8.08. The number of carbonyl (C=O) groups excluding carboxylic acids is 1.